The fourth-order valence-electron chi connectivity index (χ4n) is 2.61. The molecule has 0 spiro atoms. The molecule has 3 aromatic rings. The second kappa shape index (κ2) is 6.72. The monoisotopic (exact) mass is 347 g/mol. The maximum Gasteiger partial charge on any atom is 0.225 e. The molecule has 0 aliphatic rings. The van der Waals surface area contributed by atoms with Crippen LogP contribution in [-0.2, 0) is 0 Å². The standard InChI is InChI=1S/C17H18ClN3OS/c1-4-19-15-14-13(10(3)23-16(14)21-17(18)20-15)11-6-8-12(9-7-11)22-5-2/h6-9H,4-5H2,1-3H3,(H,19,20,21). The lowest BCUT2D eigenvalue weighted by molar-refractivity contribution is 0.340. The Morgan fingerprint density at radius 2 is 1.91 bits per heavy atom. The van der Waals surface area contributed by atoms with E-state index < -0.39 is 0 Å². The summed E-state index contributed by atoms with van der Waals surface area (Å²) < 4.78 is 5.52. The van der Waals surface area contributed by atoms with E-state index in [0.29, 0.717) is 6.61 Å². The Bertz CT molecular complexity index is 830. The SMILES string of the molecule is CCNc1nc(Cl)nc2sc(C)c(-c3ccc(OCC)cc3)c12. The highest BCUT2D eigenvalue weighted by molar-refractivity contribution is 7.19. The zero-order chi connectivity index (χ0) is 16.4. The Kier molecular flexibility index (Phi) is 4.68. The number of thiophene rings is 1. The third kappa shape index (κ3) is 3.12. The van der Waals surface area contributed by atoms with E-state index in [9.17, 15) is 0 Å². The van der Waals surface area contributed by atoms with Gasteiger partial charge in [-0.3, -0.25) is 0 Å². The zero-order valence-electron chi connectivity index (χ0n) is 13.3. The van der Waals surface area contributed by atoms with Crippen LogP contribution >= 0.6 is 22.9 Å². The van der Waals surface area contributed by atoms with E-state index in [4.69, 9.17) is 16.3 Å². The summed E-state index contributed by atoms with van der Waals surface area (Å²) in [6.07, 6.45) is 0. The molecular formula is C17H18ClN3OS. The number of nitrogens with one attached hydrogen (secondary N) is 1. The highest BCUT2D eigenvalue weighted by Gasteiger charge is 2.17. The van der Waals surface area contributed by atoms with Crippen LogP contribution in [0.5, 0.6) is 5.75 Å². The van der Waals surface area contributed by atoms with Crippen molar-refractivity contribution in [1.82, 2.24) is 9.97 Å². The summed E-state index contributed by atoms with van der Waals surface area (Å²) in [5.41, 5.74) is 2.28. The highest BCUT2D eigenvalue weighted by atomic mass is 35.5. The fourth-order valence-corrected chi connectivity index (χ4v) is 3.88. The summed E-state index contributed by atoms with van der Waals surface area (Å²) in [5, 5.41) is 4.59. The number of benzene rings is 1. The number of anilines is 1. The van der Waals surface area contributed by atoms with Crippen LogP contribution < -0.4 is 10.1 Å². The van der Waals surface area contributed by atoms with Gasteiger partial charge in [0.15, 0.2) is 0 Å². The minimum atomic E-state index is 0.271. The van der Waals surface area contributed by atoms with Gasteiger partial charge in [0.05, 0.1) is 12.0 Å². The van der Waals surface area contributed by atoms with Crippen LogP contribution in [-0.4, -0.2) is 23.1 Å². The molecule has 1 N–H and O–H groups in total. The lowest BCUT2D eigenvalue weighted by Crippen LogP contribution is -2.01. The summed E-state index contributed by atoms with van der Waals surface area (Å²) in [5.74, 6) is 1.66. The first kappa shape index (κ1) is 16.0. The van der Waals surface area contributed by atoms with Gasteiger partial charge in [0, 0.05) is 17.0 Å². The second-order valence-corrected chi connectivity index (χ2v) is 6.58. The molecule has 0 aliphatic heterocycles. The van der Waals surface area contributed by atoms with Gasteiger partial charge in [-0.05, 0) is 50.1 Å². The maximum atomic E-state index is 6.05. The van der Waals surface area contributed by atoms with Crippen LogP contribution in [0, 0.1) is 6.92 Å². The lowest BCUT2D eigenvalue weighted by atomic mass is 10.0. The summed E-state index contributed by atoms with van der Waals surface area (Å²) in [6.45, 7) is 7.56. The Balaban J connectivity index is 2.18. The molecule has 1 aromatic carbocycles. The van der Waals surface area contributed by atoms with Crippen LogP contribution in [0.25, 0.3) is 21.3 Å². The van der Waals surface area contributed by atoms with Gasteiger partial charge in [0.25, 0.3) is 0 Å². The van der Waals surface area contributed by atoms with E-state index in [1.165, 1.54) is 4.88 Å². The van der Waals surface area contributed by atoms with E-state index >= 15 is 0 Å². The largest absolute Gasteiger partial charge is 0.494 e. The number of halogens is 1. The first-order valence-corrected chi connectivity index (χ1v) is 8.77. The number of aromatic nitrogens is 2. The zero-order valence-corrected chi connectivity index (χ0v) is 14.9. The first-order valence-electron chi connectivity index (χ1n) is 7.57. The average Bonchev–Trinajstić information content (AvgIpc) is 2.84. The summed E-state index contributed by atoms with van der Waals surface area (Å²) in [4.78, 5) is 10.8. The van der Waals surface area contributed by atoms with Crippen LogP contribution in [0.1, 0.15) is 18.7 Å². The second-order valence-electron chi connectivity index (χ2n) is 5.04. The summed E-state index contributed by atoms with van der Waals surface area (Å²) in [7, 11) is 0. The molecule has 0 saturated heterocycles. The minimum Gasteiger partial charge on any atom is -0.494 e. The molecule has 3 rings (SSSR count). The van der Waals surface area contributed by atoms with Crippen molar-refractivity contribution in [3.63, 3.8) is 0 Å². The third-order valence-corrected chi connectivity index (χ3v) is 4.67. The molecule has 0 bridgehead atoms. The molecule has 0 aliphatic carbocycles. The maximum absolute atomic E-state index is 6.05. The molecule has 23 heavy (non-hydrogen) atoms. The Morgan fingerprint density at radius 3 is 2.57 bits per heavy atom. The van der Waals surface area contributed by atoms with Crippen LogP contribution in [0.4, 0.5) is 5.82 Å². The van der Waals surface area contributed by atoms with Gasteiger partial charge < -0.3 is 10.1 Å². The number of hydrogen-bond donors (Lipinski definition) is 1. The minimum absolute atomic E-state index is 0.271. The van der Waals surface area contributed by atoms with Gasteiger partial charge >= 0.3 is 0 Å². The molecule has 0 fully saturated rings. The summed E-state index contributed by atoms with van der Waals surface area (Å²) >= 11 is 7.69. The Morgan fingerprint density at radius 1 is 1.17 bits per heavy atom. The quantitative estimate of drug-likeness (QED) is 0.648. The van der Waals surface area contributed by atoms with Gasteiger partial charge in [-0.15, -0.1) is 11.3 Å². The third-order valence-electron chi connectivity index (χ3n) is 3.50. The van der Waals surface area contributed by atoms with Crippen molar-refractivity contribution in [2.24, 2.45) is 0 Å². The number of hydrogen-bond acceptors (Lipinski definition) is 5. The lowest BCUT2D eigenvalue weighted by Gasteiger charge is -2.09. The normalized spacial score (nSPS) is 11.0. The fraction of sp³-hybridized carbons (Fsp3) is 0.294. The van der Waals surface area contributed by atoms with Crippen molar-refractivity contribution >= 4 is 39.0 Å². The molecule has 2 aromatic heterocycles. The van der Waals surface area contributed by atoms with Gasteiger partial charge in [0.2, 0.25) is 5.28 Å². The smallest absolute Gasteiger partial charge is 0.225 e. The van der Waals surface area contributed by atoms with Crippen molar-refractivity contribution < 1.29 is 4.74 Å². The molecule has 0 amide bonds. The number of fused-ring (bicyclic) bond motifs is 1. The molecule has 0 unspecified atom stereocenters. The molecule has 120 valence electrons. The molecule has 0 radical (unpaired) electrons. The van der Waals surface area contributed by atoms with Gasteiger partial charge in [-0.25, -0.2) is 9.97 Å². The highest BCUT2D eigenvalue weighted by Crippen LogP contribution is 2.41. The van der Waals surface area contributed by atoms with Crippen molar-refractivity contribution in [3.8, 4) is 16.9 Å². The predicted octanol–water partition coefficient (Wildman–Crippen LogP) is 5.15. The van der Waals surface area contributed by atoms with Crippen molar-refractivity contribution in [3.05, 3.63) is 34.4 Å². The first-order chi connectivity index (χ1) is 11.1. The van der Waals surface area contributed by atoms with Crippen molar-refractivity contribution in [1.29, 1.82) is 0 Å². The van der Waals surface area contributed by atoms with Crippen LogP contribution in [0.15, 0.2) is 24.3 Å². The molecule has 4 nitrogen and oxygen atoms in total. The van der Waals surface area contributed by atoms with E-state index in [1.807, 2.05) is 26.0 Å². The number of ether oxygens (including phenoxy) is 1. The van der Waals surface area contributed by atoms with E-state index in [2.05, 4.69) is 34.3 Å². The van der Waals surface area contributed by atoms with E-state index in [0.717, 1.165) is 39.5 Å². The number of rotatable bonds is 5. The van der Waals surface area contributed by atoms with Gasteiger partial charge in [0.1, 0.15) is 16.4 Å². The molecular weight excluding hydrogens is 330 g/mol. The van der Waals surface area contributed by atoms with Crippen LogP contribution in [0.2, 0.25) is 5.28 Å². The van der Waals surface area contributed by atoms with Crippen LogP contribution in [0.3, 0.4) is 0 Å². The van der Waals surface area contributed by atoms with Crippen molar-refractivity contribution in [2.45, 2.75) is 20.8 Å². The van der Waals surface area contributed by atoms with E-state index in [-0.39, 0.29) is 5.28 Å². The van der Waals surface area contributed by atoms with E-state index in [1.54, 1.807) is 11.3 Å². The number of nitrogens with zero attached hydrogens (tertiary/aromatic N) is 2. The predicted molar refractivity (Wildman–Crippen MR) is 97.9 cm³/mol. The molecule has 6 heteroatoms. The molecule has 2 heterocycles. The average molecular weight is 348 g/mol. The van der Waals surface area contributed by atoms with Crippen molar-refractivity contribution in [2.75, 3.05) is 18.5 Å². The molecule has 0 atom stereocenters. The van der Waals surface area contributed by atoms with Gasteiger partial charge in [-0.1, -0.05) is 12.1 Å². The topological polar surface area (TPSA) is 47.0 Å². The van der Waals surface area contributed by atoms with Gasteiger partial charge in [-0.2, -0.15) is 0 Å². The Labute approximate surface area is 144 Å². The summed E-state index contributed by atoms with van der Waals surface area (Å²) in [6, 6.07) is 8.13. The molecule has 0 saturated carbocycles. The number of aryl methyl sites for hydroxylation is 1. The Hall–Kier alpha value is -1.85.